The summed E-state index contributed by atoms with van der Waals surface area (Å²) in [5.41, 5.74) is 1.65. The minimum absolute atomic E-state index is 0.500. The number of hydrogen-bond acceptors (Lipinski definition) is 7. The molecular formula is C13H15N7S. The lowest BCUT2D eigenvalue weighted by molar-refractivity contribution is 0.616. The molecule has 0 unspecified atom stereocenters. The molecule has 108 valence electrons. The molecule has 0 aromatic carbocycles. The third-order valence-corrected chi connectivity index (χ3v) is 4.77. The van der Waals surface area contributed by atoms with Crippen LogP contribution in [0.5, 0.6) is 0 Å². The molecule has 3 aromatic heterocycles. The van der Waals surface area contributed by atoms with Gasteiger partial charge in [-0.25, -0.2) is 4.98 Å². The summed E-state index contributed by atoms with van der Waals surface area (Å²) in [5.74, 6) is 0.859. The number of hydrogen-bond donors (Lipinski definition) is 1. The SMILES string of the molecule is CN[C@H]1CCN(c2ncc(-c3cccs3)n3nnnc23)C1. The Morgan fingerprint density at radius 3 is 3.14 bits per heavy atom. The van der Waals surface area contributed by atoms with Gasteiger partial charge in [0.05, 0.1) is 11.1 Å². The summed E-state index contributed by atoms with van der Waals surface area (Å²) in [6.45, 7) is 1.91. The Bertz CT molecular complexity index is 751. The Hall–Kier alpha value is -2.06. The quantitative estimate of drug-likeness (QED) is 0.779. The van der Waals surface area contributed by atoms with Crippen LogP contribution in [-0.2, 0) is 0 Å². The number of rotatable bonds is 3. The lowest BCUT2D eigenvalue weighted by atomic mass is 10.3. The number of fused-ring (bicyclic) bond motifs is 1. The van der Waals surface area contributed by atoms with Crippen LogP contribution in [0.4, 0.5) is 5.82 Å². The maximum atomic E-state index is 4.63. The van der Waals surface area contributed by atoms with Gasteiger partial charge in [-0.2, -0.15) is 4.52 Å². The Kier molecular flexibility index (Phi) is 3.04. The number of thiophene rings is 1. The van der Waals surface area contributed by atoms with Crippen molar-refractivity contribution in [2.24, 2.45) is 0 Å². The van der Waals surface area contributed by atoms with E-state index in [1.54, 1.807) is 15.9 Å². The normalized spacial score (nSPS) is 18.7. The second-order valence-electron chi connectivity index (χ2n) is 5.08. The van der Waals surface area contributed by atoms with Crippen molar-refractivity contribution in [1.82, 2.24) is 30.3 Å². The highest BCUT2D eigenvalue weighted by Crippen LogP contribution is 2.28. The van der Waals surface area contributed by atoms with E-state index in [9.17, 15) is 0 Å². The third-order valence-electron chi connectivity index (χ3n) is 3.88. The van der Waals surface area contributed by atoms with Crippen LogP contribution in [0.1, 0.15) is 6.42 Å². The molecule has 0 radical (unpaired) electrons. The molecule has 1 fully saturated rings. The van der Waals surface area contributed by atoms with Gasteiger partial charge in [-0.15, -0.1) is 16.4 Å². The molecule has 1 aliphatic rings. The molecule has 8 heteroatoms. The van der Waals surface area contributed by atoms with Crippen molar-refractivity contribution >= 4 is 22.8 Å². The summed E-state index contributed by atoms with van der Waals surface area (Å²) in [6, 6.07) is 4.57. The molecule has 1 atom stereocenters. The van der Waals surface area contributed by atoms with E-state index in [-0.39, 0.29) is 0 Å². The van der Waals surface area contributed by atoms with E-state index >= 15 is 0 Å². The first-order chi connectivity index (χ1) is 10.4. The van der Waals surface area contributed by atoms with E-state index in [1.807, 2.05) is 24.7 Å². The van der Waals surface area contributed by atoms with Crippen molar-refractivity contribution in [2.45, 2.75) is 12.5 Å². The molecule has 0 spiro atoms. The van der Waals surface area contributed by atoms with Crippen LogP contribution in [0, 0.1) is 0 Å². The predicted octanol–water partition coefficient (Wildman–Crippen LogP) is 1.05. The van der Waals surface area contributed by atoms with Gasteiger partial charge in [0, 0.05) is 19.1 Å². The Morgan fingerprint density at radius 2 is 2.38 bits per heavy atom. The van der Waals surface area contributed by atoms with Crippen molar-refractivity contribution in [3.05, 3.63) is 23.7 Å². The largest absolute Gasteiger partial charge is 0.352 e. The Balaban J connectivity index is 1.79. The number of nitrogens with one attached hydrogen (secondary N) is 1. The lowest BCUT2D eigenvalue weighted by Gasteiger charge is -2.17. The first kappa shape index (κ1) is 12.7. The minimum Gasteiger partial charge on any atom is -0.352 e. The number of nitrogens with zero attached hydrogens (tertiary/aromatic N) is 6. The Labute approximate surface area is 125 Å². The molecule has 4 heterocycles. The van der Waals surface area contributed by atoms with E-state index in [0.717, 1.165) is 41.5 Å². The minimum atomic E-state index is 0.500. The van der Waals surface area contributed by atoms with Gasteiger partial charge in [-0.05, 0) is 35.3 Å². The molecule has 1 aliphatic heterocycles. The molecule has 4 rings (SSSR count). The van der Waals surface area contributed by atoms with Crippen LogP contribution in [0.2, 0.25) is 0 Å². The molecule has 0 aliphatic carbocycles. The topological polar surface area (TPSA) is 71.2 Å². The molecule has 1 N–H and O–H groups in total. The van der Waals surface area contributed by atoms with Crippen LogP contribution >= 0.6 is 11.3 Å². The zero-order chi connectivity index (χ0) is 14.2. The van der Waals surface area contributed by atoms with Gasteiger partial charge in [0.15, 0.2) is 5.82 Å². The van der Waals surface area contributed by atoms with Crippen LogP contribution in [0.25, 0.3) is 16.2 Å². The summed E-state index contributed by atoms with van der Waals surface area (Å²) >= 11 is 1.66. The average molecular weight is 301 g/mol. The zero-order valence-electron chi connectivity index (χ0n) is 11.6. The highest BCUT2D eigenvalue weighted by Gasteiger charge is 2.25. The van der Waals surface area contributed by atoms with Gasteiger partial charge < -0.3 is 10.2 Å². The average Bonchev–Trinajstić information content (AvgIpc) is 3.25. The van der Waals surface area contributed by atoms with Gasteiger partial charge in [0.1, 0.15) is 5.69 Å². The van der Waals surface area contributed by atoms with Gasteiger partial charge in [-0.3, -0.25) is 0 Å². The fourth-order valence-corrected chi connectivity index (χ4v) is 3.45. The third kappa shape index (κ3) is 2.07. The maximum Gasteiger partial charge on any atom is 0.222 e. The van der Waals surface area contributed by atoms with Gasteiger partial charge >= 0.3 is 0 Å². The summed E-state index contributed by atoms with van der Waals surface area (Å²) in [5, 5.41) is 17.5. The standard InChI is InChI=1S/C13H15N7S/c1-14-9-4-5-19(8-9)12-13-16-17-18-20(13)10(7-15-12)11-3-2-6-21-11/h2-3,6-7,9,14H,4-5,8H2,1H3/t9-/m0/s1. The van der Waals surface area contributed by atoms with E-state index < -0.39 is 0 Å². The molecule has 21 heavy (non-hydrogen) atoms. The summed E-state index contributed by atoms with van der Waals surface area (Å²) < 4.78 is 1.78. The second kappa shape index (κ2) is 5.05. The molecule has 0 amide bonds. The number of aromatic nitrogens is 5. The smallest absolute Gasteiger partial charge is 0.222 e. The van der Waals surface area contributed by atoms with Crippen LogP contribution < -0.4 is 10.2 Å². The van der Waals surface area contributed by atoms with Crippen molar-refractivity contribution < 1.29 is 0 Å². The number of tetrazole rings is 1. The van der Waals surface area contributed by atoms with E-state index in [1.165, 1.54) is 0 Å². The van der Waals surface area contributed by atoms with E-state index in [2.05, 4.69) is 36.8 Å². The zero-order valence-corrected chi connectivity index (χ0v) is 12.4. The van der Waals surface area contributed by atoms with Gasteiger partial charge in [0.25, 0.3) is 0 Å². The summed E-state index contributed by atoms with van der Waals surface area (Å²) in [4.78, 5) is 7.98. The van der Waals surface area contributed by atoms with Crippen molar-refractivity contribution in [3.8, 4) is 10.6 Å². The summed E-state index contributed by atoms with van der Waals surface area (Å²) in [7, 11) is 2.00. The first-order valence-corrected chi connectivity index (χ1v) is 7.78. The molecule has 1 saturated heterocycles. The van der Waals surface area contributed by atoms with Crippen LogP contribution in [0.15, 0.2) is 23.7 Å². The Morgan fingerprint density at radius 1 is 1.43 bits per heavy atom. The second-order valence-corrected chi connectivity index (χ2v) is 6.03. The van der Waals surface area contributed by atoms with Gasteiger partial charge in [-0.1, -0.05) is 6.07 Å². The van der Waals surface area contributed by atoms with Crippen molar-refractivity contribution in [2.75, 3.05) is 25.0 Å². The fraction of sp³-hybridized carbons (Fsp3) is 0.385. The van der Waals surface area contributed by atoms with Gasteiger partial charge in [0.2, 0.25) is 5.65 Å². The molecule has 3 aromatic rings. The highest BCUT2D eigenvalue weighted by atomic mass is 32.1. The van der Waals surface area contributed by atoms with E-state index in [0.29, 0.717) is 6.04 Å². The molecule has 7 nitrogen and oxygen atoms in total. The maximum absolute atomic E-state index is 4.63. The molecular weight excluding hydrogens is 286 g/mol. The molecule has 0 saturated carbocycles. The van der Waals surface area contributed by atoms with E-state index in [4.69, 9.17) is 0 Å². The monoisotopic (exact) mass is 301 g/mol. The van der Waals surface area contributed by atoms with Crippen LogP contribution in [-0.4, -0.2) is 51.2 Å². The lowest BCUT2D eigenvalue weighted by Crippen LogP contribution is -2.30. The van der Waals surface area contributed by atoms with Crippen molar-refractivity contribution in [3.63, 3.8) is 0 Å². The first-order valence-electron chi connectivity index (χ1n) is 6.90. The number of anilines is 1. The molecule has 0 bridgehead atoms. The fourth-order valence-electron chi connectivity index (χ4n) is 2.73. The predicted molar refractivity (Wildman–Crippen MR) is 81.6 cm³/mol. The van der Waals surface area contributed by atoms with Crippen molar-refractivity contribution in [1.29, 1.82) is 0 Å². The van der Waals surface area contributed by atoms with Crippen LogP contribution in [0.3, 0.4) is 0 Å². The summed E-state index contributed by atoms with van der Waals surface area (Å²) in [6.07, 6.45) is 2.97. The highest BCUT2D eigenvalue weighted by molar-refractivity contribution is 7.13. The number of likely N-dealkylation sites (N-methyl/N-ethyl adjacent to an activating group) is 1.